The van der Waals surface area contributed by atoms with E-state index in [1.807, 2.05) is 6.07 Å². The number of rotatable bonds is 5. The summed E-state index contributed by atoms with van der Waals surface area (Å²) in [6.07, 6.45) is 3.48. The van der Waals surface area contributed by atoms with Crippen molar-refractivity contribution in [2.75, 3.05) is 20.3 Å². The molecule has 10 heteroatoms. The van der Waals surface area contributed by atoms with Crippen LogP contribution in [0.2, 0.25) is 0 Å². The third-order valence-corrected chi connectivity index (χ3v) is 7.39. The van der Waals surface area contributed by atoms with Crippen LogP contribution in [-0.4, -0.2) is 61.9 Å². The zero-order chi connectivity index (χ0) is 24.3. The monoisotopic (exact) mass is 480 g/mol. The number of fused-ring (bicyclic) bond motifs is 2. The van der Waals surface area contributed by atoms with E-state index in [1.165, 1.54) is 13.2 Å². The highest BCUT2D eigenvalue weighted by molar-refractivity contribution is 5.94. The molecule has 0 spiro atoms. The lowest BCUT2D eigenvalue weighted by atomic mass is 9.67. The topological polar surface area (TPSA) is 122 Å². The number of aliphatic hydroxyl groups is 1. The van der Waals surface area contributed by atoms with Crippen molar-refractivity contribution in [1.82, 2.24) is 19.7 Å². The number of carboxylic acids is 1. The Balaban J connectivity index is 1.65. The predicted octanol–water partition coefficient (Wildman–Crippen LogP) is 3.64. The van der Waals surface area contributed by atoms with Crippen molar-refractivity contribution in [2.24, 2.45) is 0 Å². The lowest BCUT2D eigenvalue weighted by molar-refractivity contribution is -0.169. The first-order valence-electron chi connectivity index (χ1n) is 11.7. The van der Waals surface area contributed by atoms with Crippen molar-refractivity contribution < 1.29 is 28.9 Å². The van der Waals surface area contributed by atoms with Crippen LogP contribution in [0.4, 0.5) is 4.39 Å². The number of aromatic nitrogens is 4. The summed E-state index contributed by atoms with van der Waals surface area (Å²) >= 11 is 0. The fourth-order valence-corrected chi connectivity index (χ4v) is 5.58. The van der Waals surface area contributed by atoms with Crippen molar-refractivity contribution in [3.05, 3.63) is 47.5 Å². The first kappa shape index (κ1) is 22.0. The molecule has 6 rings (SSSR count). The third-order valence-electron chi connectivity index (χ3n) is 7.39. The van der Waals surface area contributed by atoms with Gasteiger partial charge in [0.15, 0.2) is 22.8 Å². The number of halogens is 1. The molecule has 0 atom stereocenters. The van der Waals surface area contributed by atoms with Crippen LogP contribution in [0, 0.1) is 5.82 Å². The fraction of sp³-hybridized carbons (Fsp3) is 0.400. The Morgan fingerprint density at radius 1 is 1.26 bits per heavy atom. The molecule has 35 heavy (non-hydrogen) atoms. The molecule has 0 unspecified atom stereocenters. The van der Waals surface area contributed by atoms with Crippen molar-refractivity contribution in [3.63, 3.8) is 0 Å². The van der Waals surface area contributed by atoms with Crippen molar-refractivity contribution in [1.29, 1.82) is 0 Å². The molecule has 1 aromatic carbocycles. The number of aliphatic carboxylic acids is 1. The van der Waals surface area contributed by atoms with Crippen LogP contribution in [0.1, 0.15) is 48.8 Å². The molecule has 3 aromatic heterocycles. The molecule has 0 amide bonds. The maximum atomic E-state index is 14.3. The zero-order valence-electron chi connectivity index (χ0n) is 19.1. The van der Waals surface area contributed by atoms with Crippen molar-refractivity contribution in [2.45, 2.75) is 43.1 Å². The molecule has 4 aromatic rings. The molecule has 1 saturated carbocycles. The Kier molecular flexibility index (Phi) is 5.05. The maximum absolute atomic E-state index is 14.3. The quantitative estimate of drug-likeness (QED) is 0.399. The molecule has 1 aliphatic carbocycles. The van der Waals surface area contributed by atoms with Gasteiger partial charge >= 0.3 is 5.97 Å². The lowest BCUT2D eigenvalue weighted by Gasteiger charge is -2.41. The highest BCUT2D eigenvalue weighted by Gasteiger charge is 2.51. The molecule has 182 valence electrons. The molecule has 1 aliphatic heterocycles. The summed E-state index contributed by atoms with van der Waals surface area (Å²) in [5.74, 6) is -1.60. The molecule has 0 radical (unpaired) electrons. The van der Waals surface area contributed by atoms with Crippen molar-refractivity contribution >= 4 is 28.0 Å². The number of pyridine rings is 1. The van der Waals surface area contributed by atoms with Crippen LogP contribution >= 0.6 is 0 Å². The van der Waals surface area contributed by atoms with Gasteiger partial charge in [-0.25, -0.2) is 14.2 Å². The Bertz CT molecular complexity index is 1450. The number of methoxy groups -OCH3 is 1. The van der Waals surface area contributed by atoms with E-state index in [4.69, 9.17) is 14.5 Å². The van der Waals surface area contributed by atoms with E-state index in [0.29, 0.717) is 18.9 Å². The van der Waals surface area contributed by atoms with Crippen LogP contribution in [0.25, 0.3) is 27.8 Å². The Labute approximate surface area is 199 Å². The number of aromatic amines is 1. The minimum atomic E-state index is -1.75. The molecule has 4 heterocycles. The highest BCUT2D eigenvalue weighted by Crippen LogP contribution is 2.51. The van der Waals surface area contributed by atoms with Crippen LogP contribution in [-0.2, 0) is 9.53 Å². The fourth-order valence-electron chi connectivity index (χ4n) is 5.58. The largest absolute Gasteiger partial charge is 0.494 e. The number of H-pyrrole nitrogens is 1. The number of nitrogens with one attached hydrogen (secondary N) is 1. The third kappa shape index (κ3) is 3.39. The molecule has 2 aliphatic rings. The van der Waals surface area contributed by atoms with Gasteiger partial charge in [-0.1, -0.05) is 0 Å². The lowest BCUT2D eigenvalue weighted by Crippen LogP contribution is -2.49. The summed E-state index contributed by atoms with van der Waals surface area (Å²) in [6, 6.07) is 6.74. The predicted molar refractivity (Wildman–Crippen MR) is 125 cm³/mol. The number of nitrogens with zero attached hydrogens (tertiary/aromatic N) is 3. The van der Waals surface area contributed by atoms with E-state index in [9.17, 15) is 19.4 Å². The van der Waals surface area contributed by atoms with Gasteiger partial charge in [0.2, 0.25) is 0 Å². The van der Waals surface area contributed by atoms with Crippen LogP contribution in [0.3, 0.4) is 0 Å². The van der Waals surface area contributed by atoms with Gasteiger partial charge in [-0.05, 0) is 49.8 Å². The van der Waals surface area contributed by atoms with Gasteiger partial charge in [0.1, 0.15) is 0 Å². The zero-order valence-corrected chi connectivity index (χ0v) is 19.1. The summed E-state index contributed by atoms with van der Waals surface area (Å²) in [5, 5.41) is 27.9. The summed E-state index contributed by atoms with van der Waals surface area (Å²) in [4.78, 5) is 16.5. The number of hydrogen-bond acceptors (Lipinski definition) is 6. The number of ether oxygens (including phenoxy) is 2. The first-order chi connectivity index (χ1) is 16.9. The smallest absolute Gasteiger partial charge is 0.335 e. The second kappa shape index (κ2) is 8.03. The second-order valence-electron chi connectivity index (χ2n) is 9.45. The van der Waals surface area contributed by atoms with E-state index in [2.05, 4.69) is 14.8 Å². The summed E-state index contributed by atoms with van der Waals surface area (Å²) in [5.41, 5.74) is 3.07. The minimum absolute atomic E-state index is 0.104. The van der Waals surface area contributed by atoms with E-state index < -0.39 is 17.4 Å². The Morgan fingerprint density at radius 2 is 2.03 bits per heavy atom. The molecular formula is C25H25FN4O5. The first-order valence-corrected chi connectivity index (χ1v) is 11.7. The summed E-state index contributed by atoms with van der Waals surface area (Å²) in [6.45, 7) is 1.22. The highest BCUT2D eigenvalue weighted by atomic mass is 19.1. The number of carboxylic acid groups (broad SMARTS) is 1. The van der Waals surface area contributed by atoms with Gasteiger partial charge in [0.25, 0.3) is 0 Å². The Hall–Kier alpha value is -3.50. The van der Waals surface area contributed by atoms with Crippen LogP contribution < -0.4 is 4.74 Å². The molecule has 2 fully saturated rings. The van der Waals surface area contributed by atoms with E-state index >= 15 is 0 Å². The van der Waals surface area contributed by atoms with Crippen molar-refractivity contribution in [3.8, 4) is 11.4 Å². The number of hydrogen-bond donors (Lipinski definition) is 3. The average molecular weight is 480 g/mol. The van der Waals surface area contributed by atoms with E-state index in [0.717, 1.165) is 46.2 Å². The molecule has 1 saturated heterocycles. The molecular weight excluding hydrogens is 455 g/mol. The van der Waals surface area contributed by atoms with Gasteiger partial charge in [-0.15, -0.1) is 0 Å². The van der Waals surface area contributed by atoms with Crippen LogP contribution in [0.5, 0.6) is 5.75 Å². The second-order valence-corrected chi connectivity index (χ2v) is 9.45. The van der Waals surface area contributed by atoms with Gasteiger partial charge in [-0.2, -0.15) is 5.10 Å². The van der Waals surface area contributed by atoms with Gasteiger partial charge in [-0.3, -0.25) is 5.10 Å². The minimum Gasteiger partial charge on any atom is -0.494 e. The molecule has 0 bridgehead atoms. The van der Waals surface area contributed by atoms with E-state index in [1.54, 1.807) is 18.3 Å². The SMILES string of the molecule is COc1cc(-n2c(C3CCOCC3)c(C3CC(O)(C(=O)O)C3)c3nc4[nH]ncc4cc32)ccc1F. The summed E-state index contributed by atoms with van der Waals surface area (Å²) < 4.78 is 27.3. The average Bonchev–Trinajstić information content (AvgIpc) is 3.43. The number of benzene rings is 1. The van der Waals surface area contributed by atoms with E-state index in [-0.39, 0.29) is 30.4 Å². The normalized spacial score (nSPS) is 23.0. The Morgan fingerprint density at radius 3 is 2.74 bits per heavy atom. The van der Waals surface area contributed by atoms with Gasteiger partial charge in [0.05, 0.1) is 24.3 Å². The molecule has 3 N–H and O–H groups in total. The van der Waals surface area contributed by atoms with Crippen LogP contribution in [0.15, 0.2) is 30.5 Å². The number of carbonyl (C=O) groups is 1. The van der Waals surface area contributed by atoms with Gasteiger partial charge < -0.3 is 24.3 Å². The maximum Gasteiger partial charge on any atom is 0.335 e. The standard InChI is InChI=1S/C25H25FN4O5/c1-34-19-9-16(2-3-17(19)26)30-18-8-14-12-27-29-23(14)28-21(18)20(15-10-25(33,11-15)24(31)32)22(30)13-4-6-35-7-5-13/h2-3,8-9,12-13,15,33H,4-7,10-11H2,1H3,(H,31,32)(H,27,28,29). The molecule has 9 nitrogen and oxygen atoms in total. The summed E-state index contributed by atoms with van der Waals surface area (Å²) in [7, 11) is 1.43. The van der Waals surface area contributed by atoms with Gasteiger partial charge in [0, 0.05) is 47.5 Å².